The minimum Gasteiger partial charge on any atom is -0.253 e. The summed E-state index contributed by atoms with van der Waals surface area (Å²) in [7, 11) is 0. The van der Waals surface area contributed by atoms with Gasteiger partial charge in [-0.2, -0.15) is 0 Å². The summed E-state index contributed by atoms with van der Waals surface area (Å²) in [5.41, 5.74) is 3.18. The highest BCUT2D eigenvalue weighted by Crippen LogP contribution is 2.19. The van der Waals surface area contributed by atoms with Crippen molar-refractivity contribution in [3.05, 3.63) is 0 Å². The van der Waals surface area contributed by atoms with Crippen molar-refractivity contribution < 1.29 is 0 Å². The highest BCUT2D eigenvalue weighted by molar-refractivity contribution is 4.88. The summed E-state index contributed by atoms with van der Waals surface area (Å²) in [6.45, 7) is 2.52. The smallest absolute Gasteiger partial charge is 0.0395 e. The number of fused-ring (bicyclic) bond motifs is 1. The van der Waals surface area contributed by atoms with Crippen LogP contribution in [0.3, 0.4) is 0 Å². The van der Waals surface area contributed by atoms with Crippen molar-refractivity contribution in [2.45, 2.75) is 12.5 Å². The van der Waals surface area contributed by atoms with Gasteiger partial charge in [-0.1, -0.05) is 0 Å². The minimum absolute atomic E-state index is 0.935. The Balaban J connectivity index is 2.03. The molecule has 2 rings (SSSR count). The van der Waals surface area contributed by atoms with Crippen LogP contribution < -0.4 is 5.43 Å². The van der Waals surface area contributed by atoms with E-state index in [4.69, 9.17) is 0 Å². The Morgan fingerprint density at radius 1 is 1.67 bits per heavy atom. The molecule has 1 atom stereocenters. The fourth-order valence-electron chi connectivity index (χ4n) is 0.971. The molecule has 1 unspecified atom stereocenters. The van der Waals surface area contributed by atoms with Gasteiger partial charge in [-0.25, -0.2) is 5.01 Å². The zero-order valence-corrected chi connectivity index (χ0v) is 3.65. The van der Waals surface area contributed by atoms with Gasteiger partial charge in [-0.3, -0.25) is 5.43 Å². The van der Waals surface area contributed by atoms with Crippen LogP contribution in [0.1, 0.15) is 6.42 Å². The second-order valence-electron chi connectivity index (χ2n) is 2.00. The largest absolute Gasteiger partial charge is 0.253 e. The first-order valence-corrected chi connectivity index (χ1v) is 2.47. The van der Waals surface area contributed by atoms with Crippen LogP contribution in [0, 0.1) is 0 Å². The van der Waals surface area contributed by atoms with E-state index >= 15 is 0 Å². The Labute approximate surface area is 37.1 Å². The number of nitrogens with one attached hydrogen (secondary N) is 1. The topological polar surface area (TPSA) is 15.3 Å². The third-order valence-corrected chi connectivity index (χ3v) is 1.67. The van der Waals surface area contributed by atoms with Crippen molar-refractivity contribution in [2.75, 3.05) is 13.1 Å². The Morgan fingerprint density at radius 2 is 2.50 bits per heavy atom. The fourth-order valence-corrected chi connectivity index (χ4v) is 0.971. The van der Waals surface area contributed by atoms with Crippen LogP contribution >= 0.6 is 0 Å². The summed E-state index contributed by atoms with van der Waals surface area (Å²) < 4.78 is 0. The van der Waals surface area contributed by atoms with Crippen LogP contribution in [0.5, 0.6) is 0 Å². The first kappa shape index (κ1) is 2.99. The minimum atomic E-state index is 0.935. The van der Waals surface area contributed by atoms with Gasteiger partial charge in [0.1, 0.15) is 0 Å². The number of rotatable bonds is 0. The summed E-state index contributed by atoms with van der Waals surface area (Å²) in [5, 5.41) is 2.28. The molecule has 34 valence electrons. The standard InChI is InChI=1S/C4H8N2/c1-2-6-4(1)3-5-6/h4-5H,1-3H2. The third-order valence-electron chi connectivity index (χ3n) is 1.67. The molecule has 0 aromatic carbocycles. The molecule has 0 aromatic heterocycles. The molecule has 0 amide bonds. The van der Waals surface area contributed by atoms with Crippen LogP contribution in [0.25, 0.3) is 0 Å². The molecule has 0 bridgehead atoms. The number of hydrazine groups is 1. The van der Waals surface area contributed by atoms with Crippen LogP contribution in [-0.4, -0.2) is 24.1 Å². The lowest BCUT2D eigenvalue weighted by atomic mass is 10.0. The average Bonchev–Trinajstić information content (AvgIpc) is 1.54. The molecule has 0 aliphatic carbocycles. The van der Waals surface area contributed by atoms with Gasteiger partial charge in [0.2, 0.25) is 0 Å². The van der Waals surface area contributed by atoms with E-state index in [0.717, 1.165) is 6.04 Å². The second kappa shape index (κ2) is 0.768. The van der Waals surface area contributed by atoms with E-state index in [1.165, 1.54) is 19.5 Å². The summed E-state index contributed by atoms with van der Waals surface area (Å²) >= 11 is 0. The SMILES string of the molecule is C1CN2NCC12. The van der Waals surface area contributed by atoms with Gasteiger partial charge in [-0.05, 0) is 6.42 Å². The molecule has 0 saturated carbocycles. The molecule has 2 heterocycles. The first-order valence-electron chi connectivity index (χ1n) is 2.47. The van der Waals surface area contributed by atoms with Crippen LogP contribution in [0.2, 0.25) is 0 Å². The molecule has 0 radical (unpaired) electrons. The first-order chi connectivity index (χ1) is 2.97. The maximum Gasteiger partial charge on any atom is 0.0395 e. The summed E-state index contributed by atoms with van der Waals surface area (Å²) in [6, 6.07) is 0.935. The van der Waals surface area contributed by atoms with Crippen molar-refractivity contribution in [1.82, 2.24) is 10.4 Å². The molecule has 1 N–H and O–H groups in total. The summed E-state index contributed by atoms with van der Waals surface area (Å²) in [5.74, 6) is 0. The van der Waals surface area contributed by atoms with Crippen molar-refractivity contribution in [3.8, 4) is 0 Å². The van der Waals surface area contributed by atoms with Crippen LogP contribution in [-0.2, 0) is 0 Å². The molecule has 0 spiro atoms. The van der Waals surface area contributed by atoms with E-state index in [1.54, 1.807) is 0 Å². The lowest BCUT2D eigenvalue weighted by Crippen LogP contribution is -2.69. The molecule has 2 fully saturated rings. The maximum absolute atomic E-state index is 3.18. The van der Waals surface area contributed by atoms with E-state index < -0.39 is 0 Å². The van der Waals surface area contributed by atoms with Gasteiger partial charge in [0, 0.05) is 19.1 Å². The van der Waals surface area contributed by atoms with Gasteiger partial charge in [0.25, 0.3) is 0 Å². The average molecular weight is 84.1 g/mol. The molecule has 2 nitrogen and oxygen atoms in total. The van der Waals surface area contributed by atoms with Gasteiger partial charge in [-0.15, -0.1) is 0 Å². The van der Waals surface area contributed by atoms with Gasteiger partial charge in [0.05, 0.1) is 0 Å². The van der Waals surface area contributed by atoms with E-state index in [1.807, 2.05) is 0 Å². The molecule has 2 heteroatoms. The molecule has 2 aliphatic rings. The number of nitrogens with zero attached hydrogens (tertiary/aromatic N) is 1. The predicted octanol–water partition coefficient (Wildman–Crippen LogP) is -0.421. The molecular weight excluding hydrogens is 76.1 g/mol. The Bertz CT molecular complexity index is 53.9. The molecule has 0 aromatic rings. The molecular formula is C4H8N2. The van der Waals surface area contributed by atoms with Crippen molar-refractivity contribution >= 4 is 0 Å². The Hall–Kier alpha value is -0.0800. The van der Waals surface area contributed by atoms with Crippen molar-refractivity contribution in [1.29, 1.82) is 0 Å². The van der Waals surface area contributed by atoms with E-state index in [9.17, 15) is 0 Å². The van der Waals surface area contributed by atoms with E-state index in [2.05, 4.69) is 10.4 Å². The zero-order chi connectivity index (χ0) is 3.98. The highest BCUT2D eigenvalue weighted by Gasteiger charge is 2.34. The van der Waals surface area contributed by atoms with Crippen molar-refractivity contribution in [2.24, 2.45) is 0 Å². The molecule has 2 saturated heterocycles. The van der Waals surface area contributed by atoms with Gasteiger partial charge < -0.3 is 0 Å². The summed E-state index contributed by atoms with van der Waals surface area (Å²) in [4.78, 5) is 0. The quantitative estimate of drug-likeness (QED) is 0.429. The monoisotopic (exact) mass is 84.1 g/mol. The van der Waals surface area contributed by atoms with E-state index in [-0.39, 0.29) is 0 Å². The summed E-state index contributed by atoms with van der Waals surface area (Å²) in [6.07, 6.45) is 1.42. The lowest BCUT2D eigenvalue weighted by Gasteiger charge is -2.50. The third kappa shape index (κ3) is 0.172. The number of hydrogen-bond acceptors (Lipinski definition) is 2. The lowest BCUT2D eigenvalue weighted by molar-refractivity contribution is -0.0581. The fraction of sp³-hybridized carbons (Fsp3) is 1.00. The molecule has 2 aliphatic heterocycles. The van der Waals surface area contributed by atoms with Crippen LogP contribution in [0.15, 0.2) is 0 Å². The highest BCUT2D eigenvalue weighted by atomic mass is 15.6. The Morgan fingerprint density at radius 3 is 2.50 bits per heavy atom. The predicted molar refractivity (Wildman–Crippen MR) is 23.1 cm³/mol. The van der Waals surface area contributed by atoms with Gasteiger partial charge in [0.15, 0.2) is 0 Å². The zero-order valence-electron chi connectivity index (χ0n) is 3.65. The second-order valence-corrected chi connectivity index (χ2v) is 2.00. The van der Waals surface area contributed by atoms with Gasteiger partial charge >= 0.3 is 0 Å². The maximum atomic E-state index is 3.18. The van der Waals surface area contributed by atoms with E-state index in [0.29, 0.717) is 0 Å². The van der Waals surface area contributed by atoms with Crippen molar-refractivity contribution in [3.63, 3.8) is 0 Å². The Kier molecular flexibility index (Phi) is 0.383. The number of hydrogen-bond donors (Lipinski definition) is 1. The molecule has 6 heavy (non-hydrogen) atoms. The normalized spacial score (nSPS) is 43.0. The van der Waals surface area contributed by atoms with Crippen LogP contribution in [0.4, 0.5) is 0 Å².